The zero-order valence-electron chi connectivity index (χ0n) is 17.5. The molecule has 2 N–H and O–H groups in total. The van der Waals surface area contributed by atoms with Gasteiger partial charge in [0.25, 0.3) is 0 Å². The molecule has 2 aromatic carbocycles. The fourth-order valence-electron chi connectivity index (χ4n) is 4.14. The van der Waals surface area contributed by atoms with Crippen LogP contribution >= 0.6 is 0 Å². The Morgan fingerprint density at radius 1 is 0.935 bits per heavy atom. The second-order valence-corrected chi connectivity index (χ2v) is 10.7. The van der Waals surface area contributed by atoms with E-state index in [9.17, 15) is 0 Å². The first kappa shape index (κ1) is 19.5. The average molecular weight is 523 g/mol. The Morgan fingerprint density at radius 2 is 1.77 bits per heavy atom. The van der Waals surface area contributed by atoms with Crippen LogP contribution in [0.15, 0.2) is 54.9 Å². The quantitative estimate of drug-likeness (QED) is 0.361. The molecule has 0 atom stereocenters. The molecule has 0 saturated heterocycles. The average Bonchev–Trinajstić information content (AvgIpc) is 3.47. The number of aryl methyl sites for hydroxylation is 1. The topological polar surface area (TPSA) is 70.2 Å². The zero-order valence-corrected chi connectivity index (χ0v) is 19.5. The van der Waals surface area contributed by atoms with Gasteiger partial charge in [-0.15, -0.1) is 0 Å². The molecule has 5 aromatic rings. The molecule has 6 rings (SSSR count). The van der Waals surface area contributed by atoms with E-state index in [2.05, 4.69) is 65.2 Å². The number of imidazole rings is 2. The number of hydrogen-bond acceptors (Lipinski definition) is 3. The van der Waals surface area contributed by atoms with Gasteiger partial charge in [-0.2, -0.15) is 0 Å². The first-order valence-electron chi connectivity index (χ1n) is 10.4. The second-order valence-electron chi connectivity index (χ2n) is 8.14. The molecular formula is C25H21N5Xe. The van der Waals surface area contributed by atoms with Gasteiger partial charge in [0.2, 0.25) is 0 Å². The third-order valence-corrected chi connectivity index (χ3v) is 8.29. The summed E-state index contributed by atoms with van der Waals surface area (Å²) in [6, 6.07) is 15.3. The van der Waals surface area contributed by atoms with E-state index in [1.165, 1.54) is 16.9 Å². The van der Waals surface area contributed by atoms with Gasteiger partial charge in [-0.05, 0) is 0 Å². The van der Waals surface area contributed by atoms with Gasteiger partial charge >= 0.3 is 207 Å². The molecule has 0 unspecified atom stereocenters. The summed E-state index contributed by atoms with van der Waals surface area (Å²) >= 11 is -0.0184. The Balaban J connectivity index is 1.48. The molecule has 6 heteroatoms. The molecule has 0 bridgehead atoms. The van der Waals surface area contributed by atoms with Crippen molar-refractivity contribution in [3.63, 3.8) is 0 Å². The van der Waals surface area contributed by atoms with Crippen LogP contribution in [-0.2, 0) is 0 Å². The van der Waals surface area contributed by atoms with Crippen LogP contribution in [0.5, 0.6) is 0 Å². The Hall–Kier alpha value is -2.16. The van der Waals surface area contributed by atoms with Crippen LogP contribution in [0.3, 0.4) is 0 Å². The molecule has 0 amide bonds. The summed E-state index contributed by atoms with van der Waals surface area (Å²) < 4.78 is 2.72. The Morgan fingerprint density at radius 3 is 2.61 bits per heavy atom. The SMILES string of the molecule is Cc1nc2c([nH]1)[Xe]c1cc(-c3ccc(-c4cnc(C(C)C)[nH]4)c4ncccc34)ccc1-2. The summed E-state index contributed by atoms with van der Waals surface area (Å²) in [5.74, 6) is 2.36. The Kier molecular flexibility index (Phi) is 4.70. The molecule has 0 fully saturated rings. The van der Waals surface area contributed by atoms with E-state index in [1.807, 2.05) is 25.4 Å². The molecule has 0 aliphatic carbocycles. The van der Waals surface area contributed by atoms with Crippen molar-refractivity contribution in [2.75, 3.05) is 0 Å². The minimum atomic E-state index is -0.0184. The molecule has 5 nitrogen and oxygen atoms in total. The van der Waals surface area contributed by atoms with E-state index in [-0.39, 0.29) is 44.2 Å². The molecule has 3 aromatic heterocycles. The number of pyridine rings is 1. The number of fused-ring (bicyclic) bond motifs is 4. The van der Waals surface area contributed by atoms with Gasteiger partial charge in [-0.3, -0.25) is 0 Å². The van der Waals surface area contributed by atoms with Crippen LogP contribution in [0.25, 0.3) is 44.5 Å². The molecule has 154 valence electrons. The van der Waals surface area contributed by atoms with Crippen molar-refractivity contribution in [1.29, 1.82) is 0 Å². The summed E-state index contributed by atoms with van der Waals surface area (Å²) in [5.41, 5.74) is 7.94. The summed E-state index contributed by atoms with van der Waals surface area (Å²) in [4.78, 5) is 20.9. The van der Waals surface area contributed by atoms with Crippen LogP contribution in [-0.4, -0.2) is 24.9 Å². The summed E-state index contributed by atoms with van der Waals surface area (Å²) in [6.45, 7) is 6.31. The van der Waals surface area contributed by atoms with E-state index < -0.39 is 0 Å². The number of rotatable bonds is 3. The predicted octanol–water partition coefficient (Wildman–Crippen LogP) is 4.46. The van der Waals surface area contributed by atoms with Gasteiger partial charge in [0.1, 0.15) is 0 Å². The van der Waals surface area contributed by atoms with Gasteiger partial charge in [-0.1, -0.05) is 0 Å². The third kappa shape index (κ3) is 3.23. The molecule has 1 aliphatic rings. The van der Waals surface area contributed by atoms with E-state index in [1.54, 1.807) is 0 Å². The van der Waals surface area contributed by atoms with Crippen LogP contribution in [0.2, 0.25) is 0 Å². The fourth-order valence-corrected chi connectivity index (χ4v) is 6.94. The van der Waals surface area contributed by atoms with Gasteiger partial charge in [0.15, 0.2) is 0 Å². The van der Waals surface area contributed by atoms with Gasteiger partial charge < -0.3 is 0 Å². The maximum atomic E-state index is 4.75. The molecular weight excluding hydrogens is 502 g/mol. The summed E-state index contributed by atoms with van der Waals surface area (Å²) in [6.07, 6.45) is 3.78. The maximum absolute atomic E-state index is 4.75. The third-order valence-electron chi connectivity index (χ3n) is 5.68. The number of aromatic nitrogens is 5. The summed E-state index contributed by atoms with van der Waals surface area (Å²) in [7, 11) is 0. The van der Waals surface area contributed by atoms with Crippen molar-refractivity contribution in [3.8, 4) is 33.6 Å². The first-order valence-corrected chi connectivity index (χ1v) is 12.4. The molecule has 1 aliphatic heterocycles. The van der Waals surface area contributed by atoms with Crippen molar-refractivity contribution in [1.82, 2.24) is 24.9 Å². The normalized spacial score (nSPS) is 12.8. The second kappa shape index (κ2) is 7.46. The summed E-state index contributed by atoms with van der Waals surface area (Å²) in [5, 5.41) is 1.15. The van der Waals surface area contributed by atoms with Crippen molar-refractivity contribution in [2.45, 2.75) is 26.7 Å². The number of nitrogens with one attached hydrogen (secondary N) is 2. The molecule has 0 saturated carbocycles. The number of H-pyrrole nitrogens is 2. The zero-order chi connectivity index (χ0) is 21.1. The van der Waals surface area contributed by atoms with Crippen LogP contribution < -0.4 is 0.193 Å². The number of nitrogens with zero attached hydrogens (tertiary/aromatic N) is 3. The van der Waals surface area contributed by atoms with Crippen molar-refractivity contribution in [3.05, 3.63) is 66.5 Å². The van der Waals surface area contributed by atoms with Gasteiger partial charge in [0, 0.05) is 0 Å². The van der Waals surface area contributed by atoms with Gasteiger partial charge in [-0.25, -0.2) is 0 Å². The monoisotopic (exact) mass is 523 g/mol. The molecule has 4 heterocycles. The molecule has 0 spiro atoms. The molecule has 0 radical (unpaired) electrons. The van der Waals surface area contributed by atoms with Crippen molar-refractivity contribution in [2.24, 2.45) is 0 Å². The van der Waals surface area contributed by atoms with Crippen LogP contribution in [0.1, 0.15) is 31.4 Å². The van der Waals surface area contributed by atoms with E-state index in [0.29, 0.717) is 5.92 Å². The van der Waals surface area contributed by atoms with Gasteiger partial charge in [0.05, 0.1) is 0 Å². The van der Waals surface area contributed by atoms with E-state index in [0.717, 1.165) is 39.5 Å². The van der Waals surface area contributed by atoms with E-state index in [4.69, 9.17) is 9.97 Å². The predicted molar refractivity (Wildman–Crippen MR) is 120 cm³/mol. The number of hydrogen-bond donors (Lipinski definition) is 2. The van der Waals surface area contributed by atoms with Crippen LogP contribution in [0.4, 0.5) is 0 Å². The van der Waals surface area contributed by atoms with E-state index >= 15 is 0 Å². The number of aromatic amines is 2. The molecule has 31 heavy (non-hydrogen) atoms. The first-order chi connectivity index (χ1) is 15.1. The van der Waals surface area contributed by atoms with Crippen molar-refractivity contribution < 1.29 is 44.2 Å². The fraction of sp³-hybridized carbons (Fsp3) is 0.160. The Bertz CT molecular complexity index is 1460. The van der Waals surface area contributed by atoms with Crippen molar-refractivity contribution >= 4 is 11.1 Å². The number of benzene rings is 2. The van der Waals surface area contributed by atoms with Crippen LogP contribution in [0, 0.1) is 51.1 Å². The minimum absolute atomic E-state index is 0.0184. The standard InChI is InChI=1S/C25H21N5Xe/c1-13(2)24-27-12-20(30-24)18-9-8-16(17-5-4-10-26-22(17)18)15-6-7-19-21(11-15)31-25-23(19)28-14(3)29-25/h4-13H,1-3H3,(H,27,30)(H,28,29). The Labute approximate surface area is 205 Å².